The van der Waals surface area contributed by atoms with Gasteiger partial charge in [-0.3, -0.25) is 4.79 Å². The second kappa shape index (κ2) is 5.22. The largest absolute Gasteiger partial charge is 0.489 e. The average Bonchev–Trinajstić information content (AvgIpc) is 2.54. The molecule has 0 spiro atoms. The zero-order chi connectivity index (χ0) is 14.3. The number of fused-ring (bicyclic) bond motifs is 2. The fourth-order valence-electron chi connectivity index (χ4n) is 2.43. The van der Waals surface area contributed by atoms with Crippen LogP contribution in [0.25, 0.3) is 0 Å². The van der Waals surface area contributed by atoms with Crippen molar-refractivity contribution in [2.24, 2.45) is 0 Å². The number of carboxylic acid groups (broad SMARTS) is 1. The number of benzene rings is 2. The number of carbonyl (C=O) groups is 1. The highest BCUT2D eigenvalue weighted by Gasteiger charge is 2.30. The third kappa shape index (κ3) is 2.36. The smallest absolute Gasteiger partial charge is 0.315 e. The Morgan fingerprint density at radius 2 is 1.75 bits per heavy atom. The van der Waals surface area contributed by atoms with E-state index >= 15 is 0 Å². The van der Waals surface area contributed by atoms with Gasteiger partial charge in [-0.25, -0.2) is 0 Å². The van der Waals surface area contributed by atoms with Crippen molar-refractivity contribution in [2.75, 3.05) is 0 Å². The lowest BCUT2D eigenvalue weighted by atomic mass is 9.88. The molecule has 20 heavy (non-hydrogen) atoms. The van der Waals surface area contributed by atoms with Crippen LogP contribution in [-0.2, 0) is 11.4 Å². The Kier molecular flexibility index (Phi) is 3.56. The molecule has 0 saturated heterocycles. The van der Waals surface area contributed by atoms with Gasteiger partial charge in [-0.15, -0.1) is 0 Å². The first-order valence-corrected chi connectivity index (χ1v) is 7.58. The van der Waals surface area contributed by atoms with Gasteiger partial charge in [0.15, 0.2) is 0 Å². The molecular formula is C15H10Br2O3. The SMILES string of the molecule is O=C(O)C1c2cc(Br)ccc2COc2ccc(Br)cc21. The van der Waals surface area contributed by atoms with Crippen LogP contribution >= 0.6 is 31.9 Å². The molecule has 3 rings (SSSR count). The molecule has 1 heterocycles. The average molecular weight is 398 g/mol. The van der Waals surface area contributed by atoms with Crippen molar-refractivity contribution >= 4 is 37.8 Å². The highest BCUT2D eigenvalue weighted by molar-refractivity contribution is 9.10. The summed E-state index contributed by atoms with van der Waals surface area (Å²) in [5.74, 6) is -0.986. The highest BCUT2D eigenvalue weighted by Crippen LogP contribution is 2.39. The van der Waals surface area contributed by atoms with Gasteiger partial charge in [0.2, 0.25) is 0 Å². The molecule has 0 amide bonds. The number of halogens is 2. The van der Waals surface area contributed by atoms with Crippen molar-refractivity contribution in [1.29, 1.82) is 0 Å². The number of carboxylic acids is 1. The van der Waals surface area contributed by atoms with Gasteiger partial charge < -0.3 is 9.84 Å². The summed E-state index contributed by atoms with van der Waals surface area (Å²) in [4.78, 5) is 11.8. The molecule has 0 aliphatic carbocycles. The minimum absolute atomic E-state index is 0.376. The first-order chi connectivity index (χ1) is 9.56. The predicted molar refractivity (Wildman–Crippen MR) is 82.1 cm³/mol. The van der Waals surface area contributed by atoms with Crippen LogP contribution < -0.4 is 4.74 Å². The summed E-state index contributed by atoms with van der Waals surface area (Å²) in [5.41, 5.74) is 2.33. The lowest BCUT2D eigenvalue weighted by molar-refractivity contribution is -0.137. The molecule has 5 heteroatoms. The first kappa shape index (κ1) is 13.6. The monoisotopic (exact) mass is 396 g/mol. The lowest BCUT2D eigenvalue weighted by Gasteiger charge is -2.15. The topological polar surface area (TPSA) is 46.5 Å². The second-order valence-corrected chi connectivity index (χ2v) is 6.42. The normalized spacial score (nSPS) is 16.6. The molecule has 0 saturated carbocycles. The zero-order valence-electron chi connectivity index (χ0n) is 10.3. The van der Waals surface area contributed by atoms with E-state index < -0.39 is 11.9 Å². The quantitative estimate of drug-likeness (QED) is 0.779. The van der Waals surface area contributed by atoms with Crippen molar-refractivity contribution in [3.8, 4) is 5.75 Å². The molecule has 102 valence electrons. The molecule has 0 radical (unpaired) electrons. The minimum Gasteiger partial charge on any atom is -0.489 e. The van der Waals surface area contributed by atoms with Crippen LogP contribution in [0, 0.1) is 0 Å². The third-order valence-corrected chi connectivity index (χ3v) is 4.32. The Hall–Kier alpha value is -1.33. The molecule has 1 N–H and O–H groups in total. The fourth-order valence-corrected chi connectivity index (χ4v) is 3.19. The molecule has 1 atom stereocenters. The van der Waals surface area contributed by atoms with Gasteiger partial charge in [0.1, 0.15) is 18.3 Å². The molecule has 1 aliphatic rings. The van der Waals surface area contributed by atoms with Gasteiger partial charge >= 0.3 is 5.97 Å². The molecule has 2 aromatic rings. The Balaban J connectivity index is 2.27. The van der Waals surface area contributed by atoms with Crippen molar-refractivity contribution in [3.05, 3.63) is 62.0 Å². The van der Waals surface area contributed by atoms with Gasteiger partial charge in [-0.2, -0.15) is 0 Å². The van der Waals surface area contributed by atoms with Crippen molar-refractivity contribution in [2.45, 2.75) is 12.5 Å². The van der Waals surface area contributed by atoms with E-state index in [1.165, 1.54) is 0 Å². The number of rotatable bonds is 1. The number of ether oxygens (including phenoxy) is 1. The zero-order valence-corrected chi connectivity index (χ0v) is 13.4. The van der Waals surface area contributed by atoms with Crippen LogP contribution in [0.2, 0.25) is 0 Å². The van der Waals surface area contributed by atoms with Crippen LogP contribution in [0.15, 0.2) is 45.3 Å². The van der Waals surface area contributed by atoms with Crippen LogP contribution in [-0.4, -0.2) is 11.1 Å². The maximum Gasteiger partial charge on any atom is 0.315 e. The lowest BCUT2D eigenvalue weighted by Crippen LogP contribution is -2.14. The van der Waals surface area contributed by atoms with E-state index in [0.29, 0.717) is 17.9 Å². The summed E-state index contributed by atoms with van der Waals surface area (Å²) < 4.78 is 7.45. The molecule has 2 aromatic carbocycles. The highest BCUT2D eigenvalue weighted by atomic mass is 79.9. The Morgan fingerprint density at radius 1 is 1.10 bits per heavy atom. The molecule has 0 bridgehead atoms. The summed E-state index contributed by atoms with van der Waals surface area (Å²) in [6.07, 6.45) is 0. The number of hydrogen-bond acceptors (Lipinski definition) is 2. The van der Waals surface area contributed by atoms with E-state index in [2.05, 4.69) is 31.9 Å². The predicted octanol–water partition coefficient (Wildman–Crippen LogP) is 4.32. The Morgan fingerprint density at radius 3 is 2.45 bits per heavy atom. The Labute approximate surface area is 132 Å². The van der Waals surface area contributed by atoms with E-state index in [0.717, 1.165) is 20.1 Å². The summed E-state index contributed by atoms with van der Waals surface area (Å²) in [5, 5.41) is 9.65. The van der Waals surface area contributed by atoms with E-state index in [9.17, 15) is 9.90 Å². The maximum absolute atomic E-state index is 11.8. The van der Waals surface area contributed by atoms with Crippen LogP contribution in [0.1, 0.15) is 22.6 Å². The van der Waals surface area contributed by atoms with E-state index in [-0.39, 0.29) is 0 Å². The van der Waals surface area contributed by atoms with E-state index in [4.69, 9.17) is 4.74 Å². The van der Waals surface area contributed by atoms with Crippen molar-refractivity contribution < 1.29 is 14.6 Å². The summed E-state index contributed by atoms with van der Waals surface area (Å²) in [6.45, 7) is 0.376. The van der Waals surface area contributed by atoms with Crippen molar-refractivity contribution in [1.82, 2.24) is 0 Å². The first-order valence-electron chi connectivity index (χ1n) is 5.99. The van der Waals surface area contributed by atoms with Crippen molar-refractivity contribution in [3.63, 3.8) is 0 Å². The number of hydrogen-bond donors (Lipinski definition) is 1. The molecule has 3 nitrogen and oxygen atoms in total. The molecule has 1 unspecified atom stereocenters. The van der Waals surface area contributed by atoms with Crippen LogP contribution in [0.5, 0.6) is 5.75 Å². The van der Waals surface area contributed by atoms with E-state index in [1.54, 1.807) is 6.07 Å². The van der Waals surface area contributed by atoms with Gasteiger partial charge in [0, 0.05) is 14.5 Å². The summed E-state index contributed by atoms with van der Waals surface area (Å²) >= 11 is 6.79. The summed E-state index contributed by atoms with van der Waals surface area (Å²) in [7, 11) is 0. The number of aliphatic carboxylic acids is 1. The molecule has 1 aliphatic heterocycles. The second-order valence-electron chi connectivity index (χ2n) is 4.59. The third-order valence-electron chi connectivity index (χ3n) is 3.33. The molecule has 0 fully saturated rings. The maximum atomic E-state index is 11.8. The Bertz CT molecular complexity index is 644. The van der Waals surface area contributed by atoms with Gasteiger partial charge in [-0.1, -0.05) is 37.9 Å². The molecular weight excluding hydrogens is 388 g/mol. The molecule has 0 aromatic heterocycles. The van der Waals surface area contributed by atoms with E-state index in [1.807, 2.05) is 30.3 Å². The summed E-state index contributed by atoms with van der Waals surface area (Å²) in [6, 6.07) is 11.1. The standard InChI is InChI=1S/C15H10Br2O3/c16-9-2-1-8-7-20-13-4-3-10(17)6-12(13)14(15(18)19)11(8)5-9/h1-6,14H,7H2,(H,18,19). The van der Waals surface area contributed by atoms with Crippen LogP contribution in [0.4, 0.5) is 0 Å². The minimum atomic E-state index is -0.880. The fraction of sp³-hybridized carbons (Fsp3) is 0.133. The van der Waals surface area contributed by atoms with Gasteiger partial charge in [0.25, 0.3) is 0 Å². The van der Waals surface area contributed by atoms with Gasteiger partial charge in [0.05, 0.1) is 0 Å². The van der Waals surface area contributed by atoms with Crippen LogP contribution in [0.3, 0.4) is 0 Å². The van der Waals surface area contributed by atoms with Gasteiger partial charge in [-0.05, 0) is 41.5 Å².